The van der Waals surface area contributed by atoms with Crippen molar-refractivity contribution in [2.24, 2.45) is 0 Å². The molecule has 35 heavy (non-hydrogen) atoms. The summed E-state index contributed by atoms with van der Waals surface area (Å²) in [5.41, 5.74) is 7.61. The van der Waals surface area contributed by atoms with E-state index >= 15 is 0 Å². The monoisotopic (exact) mass is 464 g/mol. The topological polar surface area (TPSA) is 35.5 Å². The van der Waals surface area contributed by atoms with Crippen molar-refractivity contribution in [2.75, 3.05) is 0 Å². The van der Waals surface area contributed by atoms with Gasteiger partial charge in [0.05, 0.1) is 5.56 Å². The summed E-state index contributed by atoms with van der Waals surface area (Å²) in [6, 6.07) is 28.2. The SMILES string of the molecule is CC.Cc1c(COc2cc(Oc3ccccc3)c(C=O)c3c2CCC3)cccc1-c1ccccc1. The third-order valence-corrected chi connectivity index (χ3v) is 6.37. The number of rotatable bonds is 7. The van der Waals surface area contributed by atoms with Gasteiger partial charge in [-0.25, -0.2) is 0 Å². The van der Waals surface area contributed by atoms with Crippen LogP contribution in [0.4, 0.5) is 0 Å². The van der Waals surface area contributed by atoms with E-state index in [1.54, 1.807) is 0 Å². The standard InChI is InChI=1S/C30H26O3.C2H6/c1-21-23(12-8-15-25(21)22-10-4-2-5-11-22)20-32-29-18-30(33-24-13-6-3-7-14-24)28(19-31)26-16-9-17-27(26)29;1-2/h2-8,10-15,18-19H,9,16-17,20H2,1H3;1-2H3. The Morgan fingerprint density at radius 1 is 0.800 bits per heavy atom. The molecule has 0 spiro atoms. The van der Waals surface area contributed by atoms with Crippen molar-refractivity contribution in [3.63, 3.8) is 0 Å². The molecule has 178 valence electrons. The molecular formula is C32H32O3. The Morgan fingerprint density at radius 3 is 2.20 bits per heavy atom. The van der Waals surface area contributed by atoms with Gasteiger partial charge in [-0.15, -0.1) is 0 Å². The summed E-state index contributed by atoms with van der Waals surface area (Å²) in [6.45, 7) is 6.61. The maximum Gasteiger partial charge on any atom is 0.154 e. The lowest BCUT2D eigenvalue weighted by Crippen LogP contribution is -2.04. The molecule has 4 aromatic rings. The molecule has 0 atom stereocenters. The summed E-state index contributed by atoms with van der Waals surface area (Å²) in [5, 5.41) is 0. The zero-order chi connectivity index (χ0) is 24.6. The van der Waals surface area contributed by atoms with Gasteiger partial charge in [0.15, 0.2) is 6.29 Å². The predicted octanol–water partition coefficient (Wildman–Crippen LogP) is 8.36. The molecule has 0 saturated heterocycles. The number of benzene rings is 4. The van der Waals surface area contributed by atoms with E-state index in [1.165, 1.54) is 16.7 Å². The smallest absolute Gasteiger partial charge is 0.154 e. The highest BCUT2D eigenvalue weighted by molar-refractivity contribution is 5.84. The highest BCUT2D eigenvalue weighted by Gasteiger charge is 2.24. The number of hydrogen-bond donors (Lipinski definition) is 0. The van der Waals surface area contributed by atoms with Crippen LogP contribution >= 0.6 is 0 Å². The molecule has 0 amide bonds. The van der Waals surface area contributed by atoms with Gasteiger partial charge in [0, 0.05) is 6.07 Å². The van der Waals surface area contributed by atoms with Gasteiger partial charge >= 0.3 is 0 Å². The number of hydrogen-bond acceptors (Lipinski definition) is 3. The predicted molar refractivity (Wildman–Crippen MR) is 143 cm³/mol. The van der Waals surface area contributed by atoms with E-state index in [-0.39, 0.29) is 0 Å². The maximum absolute atomic E-state index is 12.0. The number of carbonyl (C=O) groups is 1. The van der Waals surface area contributed by atoms with Crippen molar-refractivity contribution in [2.45, 2.75) is 46.6 Å². The lowest BCUT2D eigenvalue weighted by atomic mass is 9.97. The molecule has 0 bridgehead atoms. The summed E-state index contributed by atoms with van der Waals surface area (Å²) in [7, 11) is 0. The van der Waals surface area contributed by atoms with E-state index in [0.717, 1.165) is 48.0 Å². The summed E-state index contributed by atoms with van der Waals surface area (Å²) in [5.74, 6) is 2.07. The third-order valence-electron chi connectivity index (χ3n) is 6.37. The average molecular weight is 465 g/mol. The Morgan fingerprint density at radius 2 is 1.49 bits per heavy atom. The van der Waals surface area contributed by atoms with Crippen molar-refractivity contribution in [1.82, 2.24) is 0 Å². The molecule has 3 nitrogen and oxygen atoms in total. The second-order valence-electron chi connectivity index (χ2n) is 8.37. The van der Waals surface area contributed by atoms with E-state index in [1.807, 2.05) is 56.3 Å². The molecular weight excluding hydrogens is 432 g/mol. The van der Waals surface area contributed by atoms with E-state index in [9.17, 15) is 4.79 Å². The fourth-order valence-electron chi connectivity index (χ4n) is 4.63. The number of para-hydroxylation sites is 1. The van der Waals surface area contributed by atoms with Crippen LogP contribution in [-0.4, -0.2) is 6.29 Å². The maximum atomic E-state index is 12.0. The van der Waals surface area contributed by atoms with Gasteiger partial charge in [-0.2, -0.15) is 0 Å². The zero-order valence-corrected chi connectivity index (χ0v) is 20.7. The molecule has 0 saturated carbocycles. The fourth-order valence-corrected chi connectivity index (χ4v) is 4.63. The number of aldehydes is 1. The summed E-state index contributed by atoms with van der Waals surface area (Å²) in [4.78, 5) is 12.0. The molecule has 0 aromatic heterocycles. The van der Waals surface area contributed by atoms with Gasteiger partial charge in [0.1, 0.15) is 23.9 Å². The van der Waals surface area contributed by atoms with Crippen LogP contribution in [-0.2, 0) is 19.4 Å². The molecule has 0 aliphatic heterocycles. The van der Waals surface area contributed by atoms with Gasteiger partial charge in [0.2, 0.25) is 0 Å². The lowest BCUT2D eigenvalue weighted by molar-refractivity contribution is 0.112. The average Bonchev–Trinajstić information content (AvgIpc) is 3.40. The highest BCUT2D eigenvalue weighted by atomic mass is 16.5. The van der Waals surface area contributed by atoms with Crippen molar-refractivity contribution in [1.29, 1.82) is 0 Å². The fraction of sp³-hybridized carbons (Fsp3) is 0.219. The highest BCUT2D eigenvalue weighted by Crippen LogP contribution is 2.40. The van der Waals surface area contributed by atoms with E-state index in [0.29, 0.717) is 23.7 Å². The van der Waals surface area contributed by atoms with Gasteiger partial charge in [-0.3, -0.25) is 4.79 Å². The molecule has 0 N–H and O–H groups in total. The second-order valence-corrected chi connectivity index (χ2v) is 8.37. The van der Waals surface area contributed by atoms with Crippen LogP contribution in [0.5, 0.6) is 17.2 Å². The summed E-state index contributed by atoms with van der Waals surface area (Å²) >= 11 is 0. The van der Waals surface area contributed by atoms with Crippen LogP contribution < -0.4 is 9.47 Å². The van der Waals surface area contributed by atoms with Crippen molar-refractivity contribution in [3.05, 3.63) is 113 Å². The second kappa shape index (κ2) is 11.5. The number of fused-ring (bicyclic) bond motifs is 1. The van der Waals surface area contributed by atoms with E-state index in [2.05, 4.69) is 49.4 Å². The Balaban J connectivity index is 0.00000141. The third kappa shape index (κ3) is 5.30. The first-order chi connectivity index (χ1) is 17.2. The Labute approximate surface area is 208 Å². The minimum atomic E-state index is 0.462. The first-order valence-electron chi connectivity index (χ1n) is 12.4. The van der Waals surface area contributed by atoms with Gasteiger partial charge in [-0.05, 0) is 71.7 Å². The quantitative estimate of drug-likeness (QED) is 0.258. The summed E-state index contributed by atoms with van der Waals surface area (Å²) < 4.78 is 12.5. The molecule has 0 heterocycles. The minimum Gasteiger partial charge on any atom is -0.488 e. The first-order valence-corrected chi connectivity index (χ1v) is 12.4. The largest absolute Gasteiger partial charge is 0.488 e. The van der Waals surface area contributed by atoms with Crippen LogP contribution in [0.3, 0.4) is 0 Å². The summed E-state index contributed by atoms with van der Waals surface area (Å²) in [6.07, 6.45) is 3.72. The normalized spacial score (nSPS) is 11.7. The lowest BCUT2D eigenvalue weighted by Gasteiger charge is -2.18. The molecule has 1 aliphatic carbocycles. The molecule has 0 fully saturated rings. The first kappa shape index (κ1) is 24.3. The molecule has 4 aromatic carbocycles. The molecule has 3 heteroatoms. The van der Waals surface area contributed by atoms with Crippen LogP contribution in [0.1, 0.15) is 52.9 Å². The Kier molecular flexibility index (Phi) is 7.99. The van der Waals surface area contributed by atoms with Crippen molar-refractivity contribution >= 4 is 6.29 Å². The van der Waals surface area contributed by atoms with Crippen LogP contribution in [0.2, 0.25) is 0 Å². The van der Waals surface area contributed by atoms with Crippen LogP contribution in [0, 0.1) is 6.92 Å². The Bertz CT molecular complexity index is 1280. The molecule has 5 rings (SSSR count). The van der Waals surface area contributed by atoms with Crippen molar-refractivity contribution < 1.29 is 14.3 Å². The van der Waals surface area contributed by atoms with E-state index < -0.39 is 0 Å². The molecule has 0 unspecified atom stereocenters. The molecule has 1 aliphatic rings. The number of carbonyl (C=O) groups excluding carboxylic acids is 1. The van der Waals surface area contributed by atoms with E-state index in [4.69, 9.17) is 9.47 Å². The molecule has 0 radical (unpaired) electrons. The van der Waals surface area contributed by atoms with Crippen LogP contribution in [0.25, 0.3) is 11.1 Å². The van der Waals surface area contributed by atoms with Crippen molar-refractivity contribution in [3.8, 4) is 28.4 Å². The Hall–Kier alpha value is -3.85. The van der Waals surface area contributed by atoms with Gasteiger partial charge in [-0.1, -0.05) is 80.6 Å². The van der Waals surface area contributed by atoms with Gasteiger partial charge in [0.25, 0.3) is 0 Å². The van der Waals surface area contributed by atoms with Crippen LogP contribution in [0.15, 0.2) is 84.9 Å². The minimum absolute atomic E-state index is 0.462. The number of ether oxygens (including phenoxy) is 2. The zero-order valence-electron chi connectivity index (χ0n) is 20.7. The van der Waals surface area contributed by atoms with Gasteiger partial charge < -0.3 is 9.47 Å².